The predicted molar refractivity (Wildman–Crippen MR) is 97.9 cm³/mol. The van der Waals surface area contributed by atoms with Crippen LogP contribution in [0.25, 0.3) is 6.08 Å². The first kappa shape index (κ1) is 15.4. The molecule has 0 saturated heterocycles. The second-order valence-electron chi connectivity index (χ2n) is 5.53. The van der Waals surface area contributed by atoms with Gasteiger partial charge in [-0.3, -0.25) is 9.36 Å². The molecule has 0 unspecified atom stereocenters. The van der Waals surface area contributed by atoms with E-state index in [4.69, 9.17) is 4.42 Å². The van der Waals surface area contributed by atoms with Crippen LogP contribution in [0.15, 0.2) is 55.1 Å². The maximum atomic E-state index is 12.7. The van der Waals surface area contributed by atoms with Crippen molar-refractivity contribution in [1.29, 1.82) is 0 Å². The van der Waals surface area contributed by atoms with Crippen LogP contribution < -0.4 is 19.8 Å². The Labute approximate surface area is 150 Å². The normalized spacial score (nSPS) is 14.6. The second kappa shape index (κ2) is 6.07. The summed E-state index contributed by atoms with van der Waals surface area (Å²) >= 11 is 4.83. The number of hydrogen-bond donors (Lipinski definition) is 0. The number of fused-ring (bicyclic) bond motifs is 1. The lowest BCUT2D eigenvalue weighted by Crippen LogP contribution is -2.42. The first-order chi connectivity index (χ1) is 11.6. The Hall–Kier alpha value is -2.12. The molecule has 1 aliphatic heterocycles. The van der Waals surface area contributed by atoms with Gasteiger partial charge in [0, 0.05) is 16.2 Å². The Kier molecular flexibility index (Phi) is 3.90. The third kappa shape index (κ3) is 2.85. The van der Waals surface area contributed by atoms with Gasteiger partial charge in [-0.05, 0) is 43.3 Å². The molecule has 0 atom stereocenters. The van der Waals surface area contributed by atoms with Gasteiger partial charge >= 0.3 is 0 Å². The molecule has 122 valence electrons. The third-order valence-corrected chi connectivity index (χ3v) is 5.38. The van der Waals surface area contributed by atoms with Gasteiger partial charge in [0.1, 0.15) is 24.9 Å². The van der Waals surface area contributed by atoms with E-state index in [-0.39, 0.29) is 5.56 Å². The Bertz CT molecular complexity index is 1060. The minimum atomic E-state index is -0.0328. The zero-order valence-corrected chi connectivity index (χ0v) is 15.3. The van der Waals surface area contributed by atoms with E-state index in [1.54, 1.807) is 10.6 Å². The number of furan rings is 1. The topological polar surface area (TPSA) is 50.7 Å². The highest BCUT2D eigenvalue weighted by molar-refractivity contribution is 9.10. The minimum Gasteiger partial charge on any atom is -0.462 e. The number of nitrogens with zero attached hydrogens (tertiary/aromatic N) is 3. The van der Waals surface area contributed by atoms with E-state index >= 15 is 0 Å². The number of hydrogen-bond acceptors (Lipinski definition) is 5. The summed E-state index contributed by atoms with van der Waals surface area (Å²) in [6.07, 6.45) is 1.78. The average Bonchev–Trinajstić information content (AvgIpc) is 3.12. The lowest BCUT2D eigenvalue weighted by atomic mass is 10.3. The fraction of sp³-hybridized carbons (Fsp3) is 0.176. The molecular formula is C17H14BrN3O2S. The summed E-state index contributed by atoms with van der Waals surface area (Å²) in [7, 11) is 0. The highest BCUT2D eigenvalue weighted by Crippen LogP contribution is 2.19. The minimum absolute atomic E-state index is 0.0328. The van der Waals surface area contributed by atoms with Gasteiger partial charge in [-0.1, -0.05) is 27.3 Å². The Morgan fingerprint density at radius 3 is 2.75 bits per heavy atom. The van der Waals surface area contributed by atoms with Gasteiger partial charge in [0.05, 0.1) is 4.53 Å². The molecule has 0 fully saturated rings. The summed E-state index contributed by atoms with van der Waals surface area (Å²) in [6.45, 7) is 2.93. The molecular weight excluding hydrogens is 390 g/mol. The fourth-order valence-electron chi connectivity index (χ4n) is 2.59. The molecule has 0 N–H and O–H groups in total. The molecule has 0 aliphatic carbocycles. The maximum Gasteiger partial charge on any atom is 0.271 e. The highest BCUT2D eigenvalue weighted by atomic mass is 79.9. The van der Waals surface area contributed by atoms with Gasteiger partial charge in [0.25, 0.3) is 5.56 Å². The van der Waals surface area contributed by atoms with Crippen molar-refractivity contribution in [3.05, 3.63) is 72.1 Å². The summed E-state index contributed by atoms with van der Waals surface area (Å²) in [4.78, 5) is 20.0. The summed E-state index contributed by atoms with van der Waals surface area (Å²) < 4.78 is 8.91. The Balaban J connectivity index is 1.71. The lowest BCUT2D eigenvalue weighted by molar-refractivity contribution is 0.524. The first-order valence-electron chi connectivity index (χ1n) is 7.43. The number of halogens is 1. The maximum absolute atomic E-state index is 12.7. The van der Waals surface area contributed by atoms with E-state index in [2.05, 4.69) is 25.8 Å². The summed E-state index contributed by atoms with van der Waals surface area (Å²) in [5, 5.41) is 0. The summed E-state index contributed by atoms with van der Waals surface area (Å²) in [5.74, 6) is 1.52. The van der Waals surface area contributed by atoms with Crippen LogP contribution >= 0.6 is 27.3 Å². The van der Waals surface area contributed by atoms with Gasteiger partial charge in [-0.2, -0.15) is 0 Å². The van der Waals surface area contributed by atoms with Crippen molar-refractivity contribution in [2.45, 2.75) is 13.6 Å². The van der Waals surface area contributed by atoms with E-state index in [0.29, 0.717) is 23.6 Å². The predicted octanol–water partition coefficient (Wildman–Crippen LogP) is 2.46. The molecule has 2 aromatic heterocycles. The number of thiazole rings is 1. The van der Waals surface area contributed by atoms with Crippen molar-refractivity contribution >= 4 is 39.0 Å². The summed E-state index contributed by atoms with van der Waals surface area (Å²) in [6, 6.07) is 11.8. The standard InChI is InChI=1S/C17H14BrN3O2S/c1-11-2-7-14(23-11)8-15-16(22)21-10-20(9-19-17(21)24-15)13-5-3-12(18)4-6-13/h2-8H,9-10H2,1H3. The molecule has 24 heavy (non-hydrogen) atoms. The molecule has 3 aromatic rings. The monoisotopic (exact) mass is 403 g/mol. The van der Waals surface area contributed by atoms with E-state index in [1.807, 2.05) is 43.3 Å². The molecule has 0 amide bonds. The molecule has 0 bridgehead atoms. The molecule has 0 radical (unpaired) electrons. The van der Waals surface area contributed by atoms with Gasteiger partial charge in [0.2, 0.25) is 0 Å². The molecule has 4 rings (SSSR count). The fourth-order valence-corrected chi connectivity index (χ4v) is 3.79. The van der Waals surface area contributed by atoms with E-state index in [0.717, 1.165) is 20.7 Å². The van der Waals surface area contributed by atoms with Crippen LogP contribution in [0.3, 0.4) is 0 Å². The molecule has 0 saturated carbocycles. The smallest absolute Gasteiger partial charge is 0.271 e. The molecule has 5 nitrogen and oxygen atoms in total. The summed E-state index contributed by atoms with van der Waals surface area (Å²) in [5.41, 5.74) is 1.01. The van der Waals surface area contributed by atoms with Crippen LogP contribution in [-0.4, -0.2) is 11.2 Å². The van der Waals surface area contributed by atoms with Crippen molar-refractivity contribution in [3.63, 3.8) is 0 Å². The van der Waals surface area contributed by atoms with Crippen molar-refractivity contribution < 1.29 is 4.42 Å². The van der Waals surface area contributed by atoms with Crippen LogP contribution in [0.5, 0.6) is 0 Å². The third-order valence-electron chi connectivity index (χ3n) is 3.80. The average molecular weight is 404 g/mol. The number of aromatic nitrogens is 1. The van der Waals surface area contributed by atoms with Crippen LogP contribution in [0.4, 0.5) is 5.69 Å². The quantitative estimate of drug-likeness (QED) is 0.660. The van der Waals surface area contributed by atoms with Gasteiger partial charge in [-0.15, -0.1) is 0 Å². The Morgan fingerprint density at radius 2 is 2.04 bits per heavy atom. The van der Waals surface area contributed by atoms with Crippen molar-refractivity contribution in [1.82, 2.24) is 4.57 Å². The van der Waals surface area contributed by atoms with Crippen LogP contribution in [0, 0.1) is 6.92 Å². The van der Waals surface area contributed by atoms with Crippen LogP contribution in [0.2, 0.25) is 0 Å². The van der Waals surface area contributed by atoms with Crippen molar-refractivity contribution in [2.75, 3.05) is 11.6 Å². The van der Waals surface area contributed by atoms with E-state index in [1.165, 1.54) is 11.3 Å². The second-order valence-corrected chi connectivity index (χ2v) is 7.46. The molecule has 0 spiro atoms. The van der Waals surface area contributed by atoms with Crippen LogP contribution in [-0.2, 0) is 6.67 Å². The number of aryl methyl sites for hydroxylation is 1. The van der Waals surface area contributed by atoms with Gasteiger partial charge in [0.15, 0.2) is 4.80 Å². The number of rotatable bonds is 2. The zero-order chi connectivity index (χ0) is 16.7. The molecule has 1 aliphatic rings. The lowest BCUT2D eigenvalue weighted by Gasteiger charge is -2.25. The van der Waals surface area contributed by atoms with Crippen molar-refractivity contribution in [3.8, 4) is 0 Å². The Morgan fingerprint density at radius 1 is 1.25 bits per heavy atom. The largest absolute Gasteiger partial charge is 0.462 e. The van der Waals surface area contributed by atoms with Crippen molar-refractivity contribution in [2.24, 2.45) is 4.99 Å². The van der Waals surface area contributed by atoms with Crippen LogP contribution in [0.1, 0.15) is 11.5 Å². The molecule has 3 heterocycles. The highest BCUT2D eigenvalue weighted by Gasteiger charge is 2.16. The van der Waals surface area contributed by atoms with E-state index < -0.39 is 0 Å². The number of benzene rings is 1. The first-order valence-corrected chi connectivity index (χ1v) is 9.04. The molecule has 1 aromatic carbocycles. The number of anilines is 1. The molecule has 7 heteroatoms. The SMILES string of the molecule is Cc1ccc(C=c2sc3n(c2=O)CN(c2ccc(Br)cc2)CN=3)o1. The van der Waals surface area contributed by atoms with E-state index in [9.17, 15) is 4.79 Å². The zero-order valence-electron chi connectivity index (χ0n) is 12.9. The van der Waals surface area contributed by atoms with Gasteiger partial charge < -0.3 is 9.32 Å². The van der Waals surface area contributed by atoms with Gasteiger partial charge in [-0.25, -0.2) is 4.99 Å².